The number of carbonyl (C=O) groups excluding carboxylic acids is 2. The number of ether oxygens (including phenoxy) is 1. The Morgan fingerprint density at radius 2 is 1.84 bits per heavy atom. The monoisotopic (exact) mass is 269 g/mol. The van der Waals surface area contributed by atoms with Crippen LogP contribution in [0.3, 0.4) is 0 Å². The van der Waals surface area contributed by atoms with Crippen LogP contribution in [-0.2, 0) is 14.3 Å². The molecule has 0 N–H and O–H groups in total. The van der Waals surface area contributed by atoms with Crippen molar-refractivity contribution in [3.63, 3.8) is 0 Å². The molecular weight excluding hydrogens is 242 g/mol. The number of likely N-dealkylation sites (tertiary alicyclic amines) is 1. The van der Waals surface area contributed by atoms with Crippen molar-refractivity contribution in [3.8, 4) is 0 Å². The van der Waals surface area contributed by atoms with Crippen LogP contribution in [0.15, 0.2) is 0 Å². The Bertz CT molecular complexity index is 304. The van der Waals surface area contributed by atoms with Gasteiger partial charge in [-0.1, -0.05) is 39.5 Å². The van der Waals surface area contributed by atoms with Gasteiger partial charge in [-0.2, -0.15) is 0 Å². The lowest BCUT2D eigenvalue weighted by Crippen LogP contribution is -2.63. The van der Waals surface area contributed by atoms with Gasteiger partial charge in [0.2, 0.25) is 5.91 Å². The number of amides is 1. The molecule has 1 aliphatic rings. The van der Waals surface area contributed by atoms with Gasteiger partial charge >= 0.3 is 5.97 Å². The third kappa shape index (κ3) is 3.95. The molecular formula is C15H27NO3. The van der Waals surface area contributed by atoms with Crippen LogP contribution in [-0.4, -0.2) is 36.0 Å². The van der Waals surface area contributed by atoms with E-state index in [0.29, 0.717) is 6.61 Å². The van der Waals surface area contributed by atoms with E-state index in [9.17, 15) is 9.59 Å². The van der Waals surface area contributed by atoms with E-state index in [-0.39, 0.29) is 17.9 Å². The lowest BCUT2D eigenvalue weighted by Gasteiger charge is -2.46. The summed E-state index contributed by atoms with van der Waals surface area (Å²) in [6.45, 7) is 7.19. The number of esters is 1. The summed E-state index contributed by atoms with van der Waals surface area (Å²) in [7, 11) is 0. The van der Waals surface area contributed by atoms with Gasteiger partial charge in [-0.3, -0.25) is 9.59 Å². The maximum Gasteiger partial charge on any atom is 0.320 e. The fourth-order valence-corrected chi connectivity index (χ4v) is 2.64. The molecule has 0 radical (unpaired) electrons. The van der Waals surface area contributed by atoms with E-state index in [1.165, 1.54) is 0 Å². The molecule has 19 heavy (non-hydrogen) atoms. The zero-order chi connectivity index (χ0) is 14.3. The minimum atomic E-state index is -0.534. The number of hydrogen-bond donors (Lipinski definition) is 0. The first-order chi connectivity index (χ1) is 9.17. The first-order valence-corrected chi connectivity index (χ1v) is 7.64. The van der Waals surface area contributed by atoms with Gasteiger partial charge in [0.05, 0.1) is 12.6 Å². The van der Waals surface area contributed by atoms with Gasteiger partial charge in [0.15, 0.2) is 5.92 Å². The van der Waals surface area contributed by atoms with Gasteiger partial charge in [-0.25, -0.2) is 0 Å². The highest BCUT2D eigenvalue weighted by atomic mass is 16.5. The Kier molecular flexibility index (Phi) is 6.89. The fraction of sp³-hybridized carbons (Fsp3) is 0.867. The highest BCUT2D eigenvalue weighted by Crippen LogP contribution is 2.32. The van der Waals surface area contributed by atoms with Crippen LogP contribution < -0.4 is 0 Å². The van der Waals surface area contributed by atoms with Gasteiger partial charge in [0.1, 0.15) is 0 Å². The van der Waals surface area contributed by atoms with Crippen molar-refractivity contribution in [1.29, 1.82) is 0 Å². The second-order valence-electron chi connectivity index (χ2n) is 5.18. The molecule has 0 unspecified atom stereocenters. The van der Waals surface area contributed by atoms with E-state index in [2.05, 4.69) is 13.8 Å². The number of unbranched alkanes of at least 4 members (excludes halogenated alkanes) is 3. The van der Waals surface area contributed by atoms with E-state index in [4.69, 9.17) is 4.74 Å². The van der Waals surface area contributed by atoms with Crippen LogP contribution >= 0.6 is 0 Å². The number of carbonyl (C=O) groups is 2. The summed E-state index contributed by atoms with van der Waals surface area (Å²) < 4.78 is 5.01. The third-order valence-electron chi connectivity index (χ3n) is 3.73. The summed E-state index contributed by atoms with van der Waals surface area (Å²) in [6.07, 6.45) is 6.36. The van der Waals surface area contributed by atoms with Gasteiger partial charge < -0.3 is 9.64 Å². The summed E-state index contributed by atoms with van der Waals surface area (Å²) in [6, 6.07) is 0.0726. The number of β-lactam (4-membered cyclic amide) rings is 1. The Morgan fingerprint density at radius 3 is 2.42 bits per heavy atom. The first-order valence-electron chi connectivity index (χ1n) is 7.64. The van der Waals surface area contributed by atoms with E-state index in [1.54, 1.807) is 6.92 Å². The Hall–Kier alpha value is -1.06. The van der Waals surface area contributed by atoms with Crippen molar-refractivity contribution >= 4 is 11.9 Å². The standard InChI is InChI=1S/C15H27NO3/c1-4-7-9-11-16-12(10-8-5-2)13(14(16)17)15(18)19-6-3/h12-13H,4-11H2,1-3H3/t12-,13-/m1/s1. The molecule has 0 bridgehead atoms. The van der Waals surface area contributed by atoms with E-state index in [1.807, 2.05) is 4.90 Å². The molecule has 1 heterocycles. The molecule has 0 aromatic carbocycles. The van der Waals surface area contributed by atoms with Gasteiger partial charge in [0, 0.05) is 6.54 Å². The molecule has 0 saturated carbocycles. The molecule has 4 heteroatoms. The lowest BCUT2D eigenvalue weighted by molar-refractivity contribution is -0.173. The van der Waals surface area contributed by atoms with Crippen LogP contribution in [0.5, 0.6) is 0 Å². The van der Waals surface area contributed by atoms with Crippen LogP contribution in [0.1, 0.15) is 59.3 Å². The third-order valence-corrected chi connectivity index (χ3v) is 3.73. The van der Waals surface area contributed by atoms with Gasteiger partial charge in [0.25, 0.3) is 0 Å². The van der Waals surface area contributed by atoms with Crippen molar-refractivity contribution < 1.29 is 14.3 Å². The highest BCUT2D eigenvalue weighted by molar-refractivity contribution is 6.03. The van der Waals surface area contributed by atoms with Crippen molar-refractivity contribution in [1.82, 2.24) is 4.90 Å². The SMILES string of the molecule is CCCCCN1C(=O)[C@H](C(=O)OCC)[C@H]1CCCC. The second kappa shape index (κ2) is 8.18. The molecule has 1 fully saturated rings. The highest BCUT2D eigenvalue weighted by Gasteiger charge is 2.51. The minimum Gasteiger partial charge on any atom is -0.465 e. The normalized spacial score (nSPS) is 22.3. The molecule has 4 nitrogen and oxygen atoms in total. The molecule has 1 amide bonds. The largest absolute Gasteiger partial charge is 0.465 e. The quantitative estimate of drug-likeness (QED) is 0.280. The zero-order valence-corrected chi connectivity index (χ0v) is 12.5. The predicted octanol–water partition coefficient (Wildman–Crippen LogP) is 2.76. The second-order valence-corrected chi connectivity index (χ2v) is 5.18. The minimum absolute atomic E-state index is 0.0318. The van der Waals surface area contributed by atoms with Crippen molar-refractivity contribution in [2.75, 3.05) is 13.2 Å². The summed E-state index contributed by atoms with van der Waals surface area (Å²) in [5.74, 6) is -0.899. The van der Waals surface area contributed by atoms with Crippen LogP contribution in [0.2, 0.25) is 0 Å². The average molecular weight is 269 g/mol. The smallest absolute Gasteiger partial charge is 0.320 e. The Labute approximate surface area is 116 Å². The molecule has 1 rings (SSSR count). The molecule has 0 spiro atoms. The molecule has 0 aliphatic carbocycles. The molecule has 110 valence electrons. The Morgan fingerprint density at radius 1 is 1.16 bits per heavy atom. The average Bonchev–Trinajstić information content (AvgIpc) is 2.39. The number of nitrogens with zero attached hydrogens (tertiary/aromatic N) is 1. The lowest BCUT2D eigenvalue weighted by atomic mass is 9.83. The predicted molar refractivity (Wildman–Crippen MR) is 74.7 cm³/mol. The molecule has 1 saturated heterocycles. The van der Waals surface area contributed by atoms with Crippen molar-refractivity contribution in [2.24, 2.45) is 5.92 Å². The maximum absolute atomic E-state index is 12.1. The fourth-order valence-electron chi connectivity index (χ4n) is 2.64. The Balaban J connectivity index is 2.56. The summed E-state index contributed by atoms with van der Waals surface area (Å²) in [5.41, 5.74) is 0. The van der Waals surface area contributed by atoms with Gasteiger partial charge in [-0.05, 0) is 19.8 Å². The molecule has 2 atom stereocenters. The van der Waals surface area contributed by atoms with Gasteiger partial charge in [-0.15, -0.1) is 0 Å². The molecule has 0 aromatic heterocycles. The van der Waals surface area contributed by atoms with E-state index < -0.39 is 5.92 Å². The molecule has 0 aromatic rings. The topological polar surface area (TPSA) is 46.6 Å². The summed E-state index contributed by atoms with van der Waals surface area (Å²) in [5, 5.41) is 0. The van der Waals surface area contributed by atoms with Crippen molar-refractivity contribution in [3.05, 3.63) is 0 Å². The number of hydrogen-bond acceptors (Lipinski definition) is 3. The summed E-state index contributed by atoms with van der Waals surface area (Å²) >= 11 is 0. The first kappa shape index (κ1) is 16.0. The summed E-state index contributed by atoms with van der Waals surface area (Å²) in [4.78, 5) is 25.8. The van der Waals surface area contributed by atoms with Crippen LogP contribution in [0.4, 0.5) is 0 Å². The van der Waals surface area contributed by atoms with E-state index >= 15 is 0 Å². The molecule has 1 aliphatic heterocycles. The zero-order valence-electron chi connectivity index (χ0n) is 12.5. The van der Waals surface area contributed by atoms with E-state index in [0.717, 1.165) is 45.1 Å². The van der Waals surface area contributed by atoms with Crippen LogP contribution in [0, 0.1) is 5.92 Å². The number of rotatable bonds is 9. The van der Waals surface area contributed by atoms with Crippen molar-refractivity contribution in [2.45, 2.75) is 65.3 Å². The maximum atomic E-state index is 12.1. The van der Waals surface area contributed by atoms with Crippen LogP contribution in [0.25, 0.3) is 0 Å².